The highest BCUT2D eigenvalue weighted by atomic mass is 79.9. The number of ether oxygens (including phenoxy) is 1. The molecule has 0 aliphatic carbocycles. The van der Waals surface area contributed by atoms with Crippen molar-refractivity contribution in [2.75, 3.05) is 26.4 Å². The van der Waals surface area contributed by atoms with Crippen LogP contribution in [0.5, 0.6) is 0 Å². The second-order valence-electron chi connectivity index (χ2n) is 4.34. The van der Waals surface area contributed by atoms with Crippen molar-refractivity contribution >= 4 is 45.9 Å². The first-order valence-corrected chi connectivity index (χ1v) is 6.54. The topological polar surface area (TPSA) is 72.6 Å². The van der Waals surface area contributed by atoms with Gasteiger partial charge in [-0.05, 0) is 18.2 Å². The number of carbonyl (C=O) groups is 2. The Morgan fingerprint density at radius 2 is 2.05 bits per heavy atom. The largest absolute Gasteiger partial charge is 0.469 e. The van der Waals surface area contributed by atoms with E-state index in [-0.39, 0.29) is 36.7 Å². The SMILES string of the molecule is COC(=O)C(C)CN(C)C(=O)c1ccc(Br)cc1N.Cl. The molecule has 1 rings (SSSR count). The second kappa shape index (κ2) is 8.11. The minimum Gasteiger partial charge on any atom is -0.469 e. The molecule has 0 spiro atoms. The van der Waals surface area contributed by atoms with Crippen LogP contribution in [0.15, 0.2) is 22.7 Å². The molecule has 0 fully saturated rings. The minimum atomic E-state index is -0.379. The van der Waals surface area contributed by atoms with Gasteiger partial charge in [-0.3, -0.25) is 9.59 Å². The van der Waals surface area contributed by atoms with Gasteiger partial charge in [0.15, 0.2) is 0 Å². The molecule has 2 N–H and O–H groups in total. The summed E-state index contributed by atoms with van der Waals surface area (Å²) in [6.45, 7) is 1.99. The monoisotopic (exact) mass is 364 g/mol. The van der Waals surface area contributed by atoms with E-state index in [1.807, 2.05) is 0 Å². The molecule has 1 unspecified atom stereocenters. The molecule has 0 aromatic heterocycles. The Balaban J connectivity index is 0.00000361. The number of halogens is 2. The summed E-state index contributed by atoms with van der Waals surface area (Å²) in [5, 5.41) is 0. The van der Waals surface area contributed by atoms with Gasteiger partial charge in [-0.25, -0.2) is 0 Å². The molecule has 0 saturated carbocycles. The van der Waals surface area contributed by atoms with Crippen molar-refractivity contribution < 1.29 is 14.3 Å². The number of anilines is 1. The maximum atomic E-state index is 12.2. The number of nitrogen functional groups attached to an aromatic ring is 1. The summed E-state index contributed by atoms with van der Waals surface area (Å²) in [6, 6.07) is 5.08. The van der Waals surface area contributed by atoms with Crippen molar-refractivity contribution in [3.8, 4) is 0 Å². The number of rotatable bonds is 4. The highest BCUT2D eigenvalue weighted by Gasteiger charge is 2.20. The maximum absolute atomic E-state index is 12.2. The standard InChI is InChI=1S/C13H17BrN2O3.ClH/c1-8(13(18)19-3)7-16(2)12(17)10-5-4-9(14)6-11(10)15;/h4-6,8H,7,15H2,1-3H3;1H. The van der Waals surface area contributed by atoms with Gasteiger partial charge < -0.3 is 15.4 Å². The molecule has 7 heteroatoms. The predicted molar refractivity (Wildman–Crippen MR) is 83.9 cm³/mol. The molecule has 0 aliphatic heterocycles. The Hall–Kier alpha value is -1.27. The number of nitrogens with two attached hydrogens (primary N) is 1. The molecule has 0 heterocycles. The average molecular weight is 366 g/mol. The lowest BCUT2D eigenvalue weighted by Crippen LogP contribution is -2.34. The fourth-order valence-corrected chi connectivity index (χ4v) is 2.08. The van der Waals surface area contributed by atoms with Crippen LogP contribution >= 0.6 is 28.3 Å². The number of esters is 1. The molecule has 1 atom stereocenters. The van der Waals surface area contributed by atoms with E-state index in [2.05, 4.69) is 20.7 Å². The van der Waals surface area contributed by atoms with Crippen LogP contribution in [0.2, 0.25) is 0 Å². The first-order chi connectivity index (χ1) is 8.86. The van der Waals surface area contributed by atoms with E-state index in [4.69, 9.17) is 5.73 Å². The van der Waals surface area contributed by atoms with Crippen LogP contribution in [-0.4, -0.2) is 37.5 Å². The summed E-state index contributed by atoms with van der Waals surface area (Å²) < 4.78 is 5.44. The van der Waals surface area contributed by atoms with Gasteiger partial charge in [0.2, 0.25) is 0 Å². The van der Waals surface area contributed by atoms with Gasteiger partial charge >= 0.3 is 5.97 Å². The third kappa shape index (κ3) is 4.68. The molecule has 1 aromatic rings. The molecule has 112 valence electrons. The number of nitrogens with zero attached hydrogens (tertiary/aromatic N) is 1. The smallest absolute Gasteiger partial charge is 0.310 e. The number of hydrogen-bond donors (Lipinski definition) is 1. The minimum absolute atomic E-state index is 0. The molecule has 20 heavy (non-hydrogen) atoms. The molecule has 0 saturated heterocycles. The zero-order valence-corrected chi connectivity index (χ0v) is 14.0. The third-order valence-electron chi connectivity index (χ3n) is 2.74. The van der Waals surface area contributed by atoms with Gasteiger partial charge in [-0.2, -0.15) is 0 Å². The van der Waals surface area contributed by atoms with Gasteiger partial charge in [0.25, 0.3) is 5.91 Å². The van der Waals surface area contributed by atoms with E-state index in [0.29, 0.717) is 11.3 Å². The summed E-state index contributed by atoms with van der Waals surface area (Å²) in [7, 11) is 2.95. The van der Waals surface area contributed by atoms with Crippen molar-refractivity contribution in [3.63, 3.8) is 0 Å². The zero-order valence-electron chi connectivity index (χ0n) is 11.6. The Kier molecular flexibility index (Phi) is 7.60. The normalized spacial score (nSPS) is 11.2. The van der Waals surface area contributed by atoms with Crippen LogP contribution in [0.1, 0.15) is 17.3 Å². The van der Waals surface area contributed by atoms with Gasteiger partial charge in [-0.15, -0.1) is 12.4 Å². The third-order valence-corrected chi connectivity index (χ3v) is 3.24. The van der Waals surface area contributed by atoms with Gasteiger partial charge in [-0.1, -0.05) is 22.9 Å². The lowest BCUT2D eigenvalue weighted by atomic mass is 10.1. The first-order valence-electron chi connectivity index (χ1n) is 5.75. The lowest BCUT2D eigenvalue weighted by molar-refractivity contribution is -0.145. The Bertz CT molecular complexity index is 497. The van der Waals surface area contributed by atoms with Crippen molar-refractivity contribution in [3.05, 3.63) is 28.2 Å². The molecular weight excluding hydrogens is 348 g/mol. The van der Waals surface area contributed by atoms with Crippen molar-refractivity contribution in [1.29, 1.82) is 0 Å². The highest BCUT2D eigenvalue weighted by molar-refractivity contribution is 9.10. The van der Waals surface area contributed by atoms with E-state index in [1.165, 1.54) is 12.0 Å². The van der Waals surface area contributed by atoms with Crippen LogP contribution in [0, 0.1) is 5.92 Å². The van der Waals surface area contributed by atoms with Crippen molar-refractivity contribution in [1.82, 2.24) is 4.90 Å². The van der Waals surface area contributed by atoms with Crippen LogP contribution < -0.4 is 5.73 Å². The summed E-state index contributed by atoms with van der Waals surface area (Å²) in [5.41, 5.74) is 6.63. The summed E-state index contributed by atoms with van der Waals surface area (Å²) >= 11 is 3.29. The fourth-order valence-electron chi connectivity index (χ4n) is 1.70. The average Bonchev–Trinajstić information content (AvgIpc) is 2.36. The molecule has 1 aromatic carbocycles. The van der Waals surface area contributed by atoms with E-state index >= 15 is 0 Å². The predicted octanol–water partition coefficient (Wildman–Crippen LogP) is 2.33. The molecular formula is C13H18BrClN2O3. The van der Waals surface area contributed by atoms with E-state index < -0.39 is 0 Å². The van der Waals surface area contributed by atoms with Crippen LogP contribution in [-0.2, 0) is 9.53 Å². The van der Waals surface area contributed by atoms with Crippen LogP contribution in [0.25, 0.3) is 0 Å². The first kappa shape index (κ1) is 18.7. The van der Waals surface area contributed by atoms with E-state index in [0.717, 1.165) is 4.47 Å². The molecule has 5 nitrogen and oxygen atoms in total. The Labute approximate surface area is 133 Å². The summed E-state index contributed by atoms with van der Waals surface area (Å²) in [4.78, 5) is 25.0. The van der Waals surface area contributed by atoms with Gasteiger partial charge in [0.1, 0.15) is 0 Å². The van der Waals surface area contributed by atoms with E-state index in [9.17, 15) is 9.59 Å². The zero-order chi connectivity index (χ0) is 14.6. The van der Waals surface area contributed by atoms with Crippen LogP contribution in [0.3, 0.4) is 0 Å². The number of carbonyl (C=O) groups excluding carboxylic acids is 2. The number of methoxy groups -OCH3 is 1. The molecule has 0 radical (unpaired) electrons. The summed E-state index contributed by atoms with van der Waals surface area (Å²) in [6.07, 6.45) is 0. The Morgan fingerprint density at radius 1 is 1.45 bits per heavy atom. The van der Waals surface area contributed by atoms with Crippen molar-refractivity contribution in [2.45, 2.75) is 6.92 Å². The maximum Gasteiger partial charge on any atom is 0.310 e. The molecule has 0 bridgehead atoms. The molecule has 1 amide bonds. The summed E-state index contributed by atoms with van der Waals surface area (Å²) in [5.74, 6) is -0.945. The fraction of sp³-hybridized carbons (Fsp3) is 0.385. The van der Waals surface area contributed by atoms with E-state index in [1.54, 1.807) is 32.2 Å². The van der Waals surface area contributed by atoms with Crippen LogP contribution in [0.4, 0.5) is 5.69 Å². The van der Waals surface area contributed by atoms with Gasteiger partial charge in [0.05, 0.1) is 18.6 Å². The molecule has 0 aliphatic rings. The highest BCUT2D eigenvalue weighted by Crippen LogP contribution is 2.20. The number of amides is 1. The Morgan fingerprint density at radius 3 is 2.55 bits per heavy atom. The second-order valence-corrected chi connectivity index (χ2v) is 5.26. The van der Waals surface area contributed by atoms with Crippen molar-refractivity contribution in [2.24, 2.45) is 5.92 Å². The number of hydrogen-bond acceptors (Lipinski definition) is 4. The quantitative estimate of drug-likeness (QED) is 0.656. The van der Waals surface area contributed by atoms with Gasteiger partial charge in [0, 0.05) is 23.8 Å². The lowest BCUT2D eigenvalue weighted by Gasteiger charge is -2.21. The number of benzene rings is 1.